The van der Waals surface area contributed by atoms with Gasteiger partial charge in [0, 0.05) is 19.8 Å². The summed E-state index contributed by atoms with van der Waals surface area (Å²) in [6.45, 7) is 11.2. The molecule has 0 aliphatic carbocycles. The van der Waals surface area contributed by atoms with Crippen LogP contribution in [0.4, 0.5) is 0 Å². The molecule has 2 heteroatoms. The van der Waals surface area contributed by atoms with Crippen molar-refractivity contribution in [1.82, 2.24) is 5.32 Å². The monoisotopic (exact) mass is 215 g/mol. The van der Waals surface area contributed by atoms with Crippen LogP contribution in [0, 0.1) is 11.8 Å². The Balaban J connectivity index is 4.07. The lowest BCUT2D eigenvalue weighted by Gasteiger charge is -2.30. The molecular formula is C13H29NO. The molecular weight excluding hydrogens is 186 g/mol. The molecule has 2 nitrogen and oxygen atoms in total. The summed E-state index contributed by atoms with van der Waals surface area (Å²) in [4.78, 5) is 0. The zero-order valence-corrected chi connectivity index (χ0v) is 11.2. The van der Waals surface area contributed by atoms with Crippen LogP contribution in [0.15, 0.2) is 0 Å². The topological polar surface area (TPSA) is 21.3 Å². The van der Waals surface area contributed by atoms with Gasteiger partial charge in [-0.05, 0) is 31.2 Å². The molecule has 0 heterocycles. The van der Waals surface area contributed by atoms with Gasteiger partial charge in [0.15, 0.2) is 0 Å². The molecule has 0 spiro atoms. The SMILES string of the molecule is CCCNC(C(C)CC)C(C)CCOC. The van der Waals surface area contributed by atoms with Gasteiger partial charge in [0.1, 0.15) is 0 Å². The highest BCUT2D eigenvalue weighted by atomic mass is 16.5. The van der Waals surface area contributed by atoms with E-state index in [0.717, 1.165) is 25.5 Å². The number of rotatable bonds is 9. The van der Waals surface area contributed by atoms with Gasteiger partial charge < -0.3 is 10.1 Å². The normalized spacial score (nSPS) is 17.4. The summed E-state index contributed by atoms with van der Waals surface area (Å²) in [5.41, 5.74) is 0. The Morgan fingerprint density at radius 3 is 2.27 bits per heavy atom. The van der Waals surface area contributed by atoms with E-state index >= 15 is 0 Å². The van der Waals surface area contributed by atoms with E-state index in [2.05, 4.69) is 33.0 Å². The van der Waals surface area contributed by atoms with Gasteiger partial charge in [-0.15, -0.1) is 0 Å². The first-order valence-electron chi connectivity index (χ1n) is 6.39. The maximum atomic E-state index is 5.15. The molecule has 0 aliphatic heterocycles. The fourth-order valence-electron chi connectivity index (χ4n) is 2.01. The second kappa shape index (κ2) is 9.17. The quantitative estimate of drug-likeness (QED) is 0.638. The summed E-state index contributed by atoms with van der Waals surface area (Å²) >= 11 is 0. The fourth-order valence-corrected chi connectivity index (χ4v) is 2.01. The smallest absolute Gasteiger partial charge is 0.0465 e. The van der Waals surface area contributed by atoms with E-state index in [1.165, 1.54) is 12.8 Å². The van der Waals surface area contributed by atoms with Crippen LogP contribution in [0.3, 0.4) is 0 Å². The molecule has 1 N–H and O–H groups in total. The molecule has 0 aromatic rings. The highest BCUT2D eigenvalue weighted by molar-refractivity contribution is 4.77. The second-order valence-electron chi connectivity index (χ2n) is 4.62. The van der Waals surface area contributed by atoms with E-state index < -0.39 is 0 Å². The molecule has 0 aliphatic rings. The van der Waals surface area contributed by atoms with Gasteiger partial charge in [0.25, 0.3) is 0 Å². The Labute approximate surface area is 95.8 Å². The molecule has 3 unspecified atom stereocenters. The average Bonchev–Trinajstić information content (AvgIpc) is 2.26. The largest absolute Gasteiger partial charge is 0.385 e. The standard InChI is InChI=1S/C13H29NO/c1-6-9-14-13(11(3)7-2)12(4)8-10-15-5/h11-14H,6-10H2,1-5H3. The maximum Gasteiger partial charge on any atom is 0.0465 e. The van der Waals surface area contributed by atoms with Crippen LogP contribution < -0.4 is 5.32 Å². The Bertz CT molecular complexity index is 138. The Morgan fingerprint density at radius 2 is 1.80 bits per heavy atom. The van der Waals surface area contributed by atoms with Crippen molar-refractivity contribution in [3.63, 3.8) is 0 Å². The molecule has 3 atom stereocenters. The van der Waals surface area contributed by atoms with Gasteiger partial charge in [-0.1, -0.05) is 34.1 Å². The van der Waals surface area contributed by atoms with E-state index in [1.807, 2.05) is 0 Å². The summed E-state index contributed by atoms with van der Waals surface area (Å²) in [6, 6.07) is 0.644. The summed E-state index contributed by atoms with van der Waals surface area (Å²) in [5.74, 6) is 1.45. The molecule has 0 radical (unpaired) electrons. The van der Waals surface area contributed by atoms with Gasteiger partial charge in [-0.3, -0.25) is 0 Å². The van der Waals surface area contributed by atoms with Gasteiger partial charge in [0.05, 0.1) is 0 Å². The number of hydrogen-bond acceptors (Lipinski definition) is 2. The zero-order valence-electron chi connectivity index (χ0n) is 11.2. The van der Waals surface area contributed by atoms with Crippen LogP contribution in [0.1, 0.15) is 47.0 Å². The van der Waals surface area contributed by atoms with Crippen molar-refractivity contribution >= 4 is 0 Å². The average molecular weight is 215 g/mol. The molecule has 15 heavy (non-hydrogen) atoms. The summed E-state index contributed by atoms with van der Waals surface area (Å²) < 4.78 is 5.15. The van der Waals surface area contributed by atoms with Crippen molar-refractivity contribution in [1.29, 1.82) is 0 Å². The highest BCUT2D eigenvalue weighted by Crippen LogP contribution is 2.19. The maximum absolute atomic E-state index is 5.15. The van der Waals surface area contributed by atoms with Crippen LogP contribution >= 0.6 is 0 Å². The third-order valence-corrected chi connectivity index (χ3v) is 3.28. The second-order valence-corrected chi connectivity index (χ2v) is 4.62. The lowest BCUT2D eigenvalue weighted by molar-refractivity contribution is 0.159. The van der Waals surface area contributed by atoms with E-state index in [9.17, 15) is 0 Å². The predicted octanol–water partition coefficient (Wildman–Crippen LogP) is 3.07. The van der Waals surface area contributed by atoms with Crippen LogP contribution in [0.5, 0.6) is 0 Å². The number of hydrogen-bond donors (Lipinski definition) is 1. The number of methoxy groups -OCH3 is 1. The molecule has 92 valence electrons. The lowest BCUT2D eigenvalue weighted by atomic mass is 9.87. The van der Waals surface area contributed by atoms with Crippen LogP contribution in [-0.2, 0) is 4.74 Å². The fraction of sp³-hybridized carbons (Fsp3) is 1.00. The van der Waals surface area contributed by atoms with Crippen LogP contribution in [-0.4, -0.2) is 26.3 Å². The third kappa shape index (κ3) is 6.16. The minimum Gasteiger partial charge on any atom is -0.385 e. The third-order valence-electron chi connectivity index (χ3n) is 3.28. The molecule has 0 aromatic heterocycles. The molecule has 0 bridgehead atoms. The van der Waals surface area contributed by atoms with Crippen molar-refractivity contribution in [3.8, 4) is 0 Å². The van der Waals surface area contributed by atoms with E-state index in [4.69, 9.17) is 4.74 Å². The van der Waals surface area contributed by atoms with E-state index in [0.29, 0.717) is 12.0 Å². The Kier molecular flexibility index (Phi) is 9.12. The first-order chi connectivity index (χ1) is 7.17. The van der Waals surface area contributed by atoms with Crippen molar-refractivity contribution in [2.75, 3.05) is 20.3 Å². The van der Waals surface area contributed by atoms with Gasteiger partial charge in [0.2, 0.25) is 0 Å². The van der Waals surface area contributed by atoms with Gasteiger partial charge >= 0.3 is 0 Å². The molecule has 0 rings (SSSR count). The first-order valence-corrected chi connectivity index (χ1v) is 6.39. The minimum atomic E-state index is 0.644. The van der Waals surface area contributed by atoms with Crippen LogP contribution in [0.2, 0.25) is 0 Å². The zero-order chi connectivity index (χ0) is 11.7. The lowest BCUT2D eigenvalue weighted by Crippen LogP contribution is -2.41. The van der Waals surface area contributed by atoms with Gasteiger partial charge in [-0.25, -0.2) is 0 Å². The predicted molar refractivity (Wildman–Crippen MR) is 67.2 cm³/mol. The van der Waals surface area contributed by atoms with Crippen molar-refractivity contribution in [3.05, 3.63) is 0 Å². The molecule has 0 saturated heterocycles. The van der Waals surface area contributed by atoms with E-state index in [1.54, 1.807) is 7.11 Å². The number of nitrogens with one attached hydrogen (secondary N) is 1. The molecule has 0 amide bonds. The summed E-state index contributed by atoms with van der Waals surface area (Å²) in [6.07, 6.45) is 3.62. The Morgan fingerprint density at radius 1 is 1.13 bits per heavy atom. The summed E-state index contributed by atoms with van der Waals surface area (Å²) in [5, 5.41) is 3.67. The Hall–Kier alpha value is -0.0800. The highest BCUT2D eigenvalue weighted by Gasteiger charge is 2.21. The van der Waals surface area contributed by atoms with Crippen LogP contribution in [0.25, 0.3) is 0 Å². The van der Waals surface area contributed by atoms with E-state index in [-0.39, 0.29) is 0 Å². The molecule has 0 fully saturated rings. The number of ether oxygens (including phenoxy) is 1. The van der Waals surface area contributed by atoms with Crippen molar-refractivity contribution < 1.29 is 4.74 Å². The molecule has 0 aromatic carbocycles. The molecule has 0 saturated carbocycles. The summed E-state index contributed by atoms with van der Waals surface area (Å²) in [7, 11) is 1.78. The first kappa shape index (κ1) is 14.9. The van der Waals surface area contributed by atoms with Crippen molar-refractivity contribution in [2.24, 2.45) is 11.8 Å². The van der Waals surface area contributed by atoms with Crippen molar-refractivity contribution in [2.45, 2.75) is 53.0 Å². The minimum absolute atomic E-state index is 0.644. The van der Waals surface area contributed by atoms with Gasteiger partial charge in [-0.2, -0.15) is 0 Å².